The van der Waals surface area contributed by atoms with E-state index in [1.807, 2.05) is 12.1 Å². The van der Waals surface area contributed by atoms with Crippen molar-refractivity contribution in [1.29, 1.82) is 5.26 Å². The zero-order chi connectivity index (χ0) is 16.7. The van der Waals surface area contributed by atoms with Crippen LogP contribution >= 0.6 is 11.6 Å². The lowest BCUT2D eigenvalue weighted by Crippen LogP contribution is -2.27. The number of nitriles is 1. The first-order valence-corrected chi connectivity index (χ1v) is 7.30. The lowest BCUT2D eigenvalue weighted by molar-refractivity contribution is -0.116. The molecule has 2 N–H and O–H groups in total. The Kier molecular flexibility index (Phi) is 5.73. The summed E-state index contributed by atoms with van der Waals surface area (Å²) in [6, 6.07) is 15.4. The Morgan fingerprint density at radius 3 is 2.57 bits per heavy atom. The molecule has 0 spiro atoms. The standard InChI is InChI=1S/C17H14ClN3O2/c18-15-7-6-14(10-13(15)11-19)21-16(22)8-9-20-17(23)12-4-2-1-3-5-12/h1-7,10H,8-9H2,(H,20,23)(H,21,22). The van der Waals surface area contributed by atoms with Gasteiger partial charge < -0.3 is 10.6 Å². The number of hydrogen-bond donors (Lipinski definition) is 2. The van der Waals surface area contributed by atoms with Gasteiger partial charge in [-0.2, -0.15) is 5.26 Å². The van der Waals surface area contributed by atoms with Gasteiger partial charge in [-0.15, -0.1) is 0 Å². The van der Waals surface area contributed by atoms with E-state index >= 15 is 0 Å². The Balaban J connectivity index is 1.82. The SMILES string of the molecule is N#Cc1cc(NC(=O)CCNC(=O)c2ccccc2)ccc1Cl. The first kappa shape index (κ1) is 16.5. The number of amides is 2. The van der Waals surface area contributed by atoms with Crippen molar-refractivity contribution in [1.82, 2.24) is 5.32 Å². The van der Waals surface area contributed by atoms with Crippen LogP contribution in [-0.2, 0) is 4.79 Å². The summed E-state index contributed by atoms with van der Waals surface area (Å²) in [5.74, 6) is -0.485. The van der Waals surface area contributed by atoms with Crippen LogP contribution in [0.15, 0.2) is 48.5 Å². The topological polar surface area (TPSA) is 82.0 Å². The van der Waals surface area contributed by atoms with Crippen LogP contribution in [0.2, 0.25) is 5.02 Å². The number of benzene rings is 2. The van der Waals surface area contributed by atoms with Crippen LogP contribution in [0, 0.1) is 11.3 Å². The van der Waals surface area contributed by atoms with Gasteiger partial charge in [-0.25, -0.2) is 0 Å². The quantitative estimate of drug-likeness (QED) is 0.885. The molecule has 2 aromatic carbocycles. The number of halogens is 1. The van der Waals surface area contributed by atoms with Crippen molar-refractivity contribution in [2.75, 3.05) is 11.9 Å². The number of carbonyl (C=O) groups excluding carboxylic acids is 2. The largest absolute Gasteiger partial charge is 0.352 e. The number of nitrogens with one attached hydrogen (secondary N) is 2. The molecular formula is C17H14ClN3O2. The predicted molar refractivity (Wildman–Crippen MR) is 88.2 cm³/mol. The number of hydrogen-bond acceptors (Lipinski definition) is 3. The highest BCUT2D eigenvalue weighted by atomic mass is 35.5. The van der Waals surface area contributed by atoms with E-state index in [2.05, 4.69) is 10.6 Å². The zero-order valence-electron chi connectivity index (χ0n) is 12.2. The van der Waals surface area contributed by atoms with Gasteiger partial charge in [0.2, 0.25) is 5.91 Å². The Hall–Kier alpha value is -2.84. The summed E-state index contributed by atoms with van der Waals surface area (Å²) >= 11 is 5.83. The van der Waals surface area contributed by atoms with Crippen molar-refractivity contribution < 1.29 is 9.59 Å². The molecule has 0 saturated carbocycles. The predicted octanol–water partition coefficient (Wildman–Crippen LogP) is 2.97. The van der Waals surface area contributed by atoms with Crippen molar-refractivity contribution >= 4 is 29.1 Å². The van der Waals surface area contributed by atoms with Crippen LogP contribution in [0.3, 0.4) is 0 Å². The molecule has 6 heteroatoms. The molecule has 116 valence electrons. The summed E-state index contributed by atoms with van der Waals surface area (Å²) in [5.41, 5.74) is 1.33. The Morgan fingerprint density at radius 1 is 1.13 bits per heavy atom. The third-order valence-electron chi connectivity index (χ3n) is 3.04. The molecule has 0 atom stereocenters. The molecule has 0 aliphatic rings. The number of rotatable bonds is 5. The zero-order valence-corrected chi connectivity index (χ0v) is 12.9. The third-order valence-corrected chi connectivity index (χ3v) is 3.37. The minimum Gasteiger partial charge on any atom is -0.352 e. The first-order valence-electron chi connectivity index (χ1n) is 6.93. The second kappa shape index (κ2) is 7.97. The minimum absolute atomic E-state index is 0.128. The molecule has 5 nitrogen and oxygen atoms in total. The van der Waals surface area contributed by atoms with Gasteiger partial charge in [-0.3, -0.25) is 9.59 Å². The molecule has 0 unspecified atom stereocenters. The molecule has 2 aromatic rings. The smallest absolute Gasteiger partial charge is 0.251 e. The highest BCUT2D eigenvalue weighted by molar-refractivity contribution is 6.31. The monoisotopic (exact) mass is 327 g/mol. The maximum Gasteiger partial charge on any atom is 0.251 e. The van der Waals surface area contributed by atoms with Crippen LogP contribution in [0.5, 0.6) is 0 Å². The van der Waals surface area contributed by atoms with Gasteiger partial charge in [0.1, 0.15) is 6.07 Å². The first-order chi connectivity index (χ1) is 11.1. The van der Waals surface area contributed by atoms with Crippen molar-refractivity contribution in [3.63, 3.8) is 0 Å². The summed E-state index contributed by atoms with van der Waals surface area (Å²) in [7, 11) is 0. The van der Waals surface area contributed by atoms with E-state index < -0.39 is 0 Å². The van der Waals surface area contributed by atoms with E-state index in [0.717, 1.165) is 0 Å². The molecule has 0 bridgehead atoms. The van der Waals surface area contributed by atoms with E-state index in [-0.39, 0.29) is 24.8 Å². The van der Waals surface area contributed by atoms with Crippen molar-refractivity contribution in [3.8, 4) is 6.07 Å². The molecule has 0 radical (unpaired) electrons. The molecule has 2 rings (SSSR count). The average Bonchev–Trinajstić information content (AvgIpc) is 2.57. The summed E-state index contributed by atoms with van der Waals surface area (Å²) < 4.78 is 0. The van der Waals surface area contributed by atoms with E-state index in [1.54, 1.807) is 36.4 Å². The molecule has 2 amide bonds. The molecule has 0 fully saturated rings. The van der Waals surface area contributed by atoms with Crippen LogP contribution in [0.25, 0.3) is 0 Å². The lowest BCUT2D eigenvalue weighted by atomic mass is 10.2. The van der Waals surface area contributed by atoms with Crippen molar-refractivity contribution in [3.05, 3.63) is 64.7 Å². The fraction of sp³-hybridized carbons (Fsp3) is 0.118. The maximum absolute atomic E-state index is 11.8. The normalized spacial score (nSPS) is 9.74. The molecule has 0 saturated heterocycles. The number of nitrogens with zero attached hydrogens (tertiary/aromatic N) is 1. The fourth-order valence-electron chi connectivity index (χ4n) is 1.89. The molecule has 0 aliphatic heterocycles. The number of carbonyl (C=O) groups is 2. The van der Waals surface area contributed by atoms with Gasteiger partial charge in [-0.1, -0.05) is 29.8 Å². The van der Waals surface area contributed by atoms with Crippen LogP contribution in [-0.4, -0.2) is 18.4 Å². The van der Waals surface area contributed by atoms with Gasteiger partial charge in [0.15, 0.2) is 0 Å². The van der Waals surface area contributed by atoms with Gasteiger partial charge in [0.05, 0.1) is 10.6 Å². The van der Waals surface area contributed by atoms with Gasteiger partial charge in [0, 0.05) is 24.2 Å². The Labute approximate surface area is 138 Å². The second-order valence-electron chi connectivity index (χ2n) is 4.73. The Bertz CT molecular complexity index is 754. The number of anilines is 1. The van der Waals surface area contributed by atoms with E-state index in [1.165, 1.54) is 6.07 Å². The van der Waals surface area contributed by atoms with Gasteiger partial charge >= 0.3 is 0 Å². The third kappa shape index (κ3) is 4.83. The van der Waals surface area contributed by atoms with Crippen LogP contribution in [0.1, 0.15) is 22.3 Å². The average molecular weight is 328 g/mol. The van der Waals surface area contributed by atoms with Crippen molar-refractivity contribution in [2.24, 2.45) is 0 Å². The highest BCUT2D eigenvalue weighted by Crippen LogP contribution is 2.19. The summed E-state index contributed by atoms with van der Waals surface area (Å²) in [6.07, 6.45) is 0.128. The second-order valence-corrected chi connectivity index (χ2v) is 5.13. The molecule has 23 heavy (non-hydrogen) atoms. The van der Waals surface area contributed by atoms with Crippen LogP contribution in [0.4, 0.5) is 5.69 Å². The fourth-order valence-corrected chi connectivity index (χ4v) is 2.05. The van der Waals surface area contributed by atoms with E-state index in [4.69, 9.17) is 16.9 Å². The molecule has 0 aromatic heterocycles. The lowest BCUT2D eigenvalue weighted by Gasteiger charge is -2.07. The molecule has 0 aliphatic carbocycles. The summed E-state index contributed by atoms with van der Waals surface area (Å²) in [6.45, 7) is 0.220. The maximum atomic E-state index is 11.8. The summed E-state index contributed by atoms with van der Waals surface area (Å²) in [4.78, 5) is 23.6. The Morgan fingerprint density at radius 2 is 1.87 bits per heavy atom. The van der Waals surface area contributed by atoms with Crippen molar-refractivity contribution in [2.45, 2.75) is 6.42 Å². The molecule has 0 heterocycles. The van der Waals surface area contributed by atoms with E-state index in [9.17, 15) is 9.59 Å². The van der Waals surface area contributed by atoms with Gasteiger partial charge in [-0.05, 0) is 30.3 Å². The van der Waals surface area contributed by atoms with E-state index in [0.29, 0.717) is 21.8 Å². The molecular weight excluding hydrogens is 314 g/mol. The summed E-state index contributed by atoms with van der Waals surface area (Å²) in [5, 5.41) is 14.6. The highest BCUT2D eigenvalue weighted by Gasteiger charge is 2.07. The van der Waals surface area contributed by atoms with Gasteiger partial charge in [0.25, 0.3) is 5.91 Å². The minimum atomic E-state index is -0.260. The van der Waals surface area contributed by atoms with Crippen LogP contribution < -0.4 is 10.6 Å².